The van der Waals surface area contributed by atoms with Gasteiger partial charge in [0.15, 0.2) is 0 Å². The van der Waals surface area contributed by atoms with Crippen molar-refractivity contribution in [1.29, 1.82) is 0 Å². The molecular weight excluding hydrogens is 482 g/mol. The number of thioether (sulfide) groups is 2. The molecule has 0 spiro atoms. The second kappa shape index (κ2) is 15.8. The summed E-state index contributed by atoms with van der Waals surface area (Å²) in [6.45, 7) is 21.2. The van der Waals surface area contributed by atoms with Crippen LogP contribution in [0.1, 0.15) is 94.9 Å². The van der Waals surface area contributed by atoms with E-state index in [2.05, 4.69) is 50.3 Å². The number of nitrogens with zero attached hydrogens (tertiary/aromatic N) is 4. The van der Waals surface area contributed by atoms with Gasteiger partial charge in [0.1, 0.15) is 11.3 Å². The van der Waals surface area contributed by atoms with Crippen molar-refractivity contribution in [3.8, 4) is 0 Å². The summed E-state index contributed by atoms with van der Waals surface area (Å²) in [5.41, 5.74) is -1.95. The number of carbonyl (C=O) groups excluding carboxylic acids is 2. The molecule has 2 unspecified atom stereocenters. The van der Waals surface area contributed by atoms with Gasteiger partial charge in [-0.1, -0.05) is 50.2 Å². The van der Waals surface area contributed by atoms with E-state index < -0.39 is 11.3 Å². The van der Waals surface area contributed by atoms with Crippen LogP contribution in [-0.2, 0) is 0 Å². The van der Waals surface area contributed by atoms with Gasteiger partial charge in [0.05, 0.1) is 11.1 Å². The molecule has 0 heterocycles. The first kappa shape index (κ1) is 33.8. The van der Waals surface area contributed by atoms with E-state index in [4.69, 9.17) is 0 Å². The molecule has 0 saturated carbocycles. The quantitative estimate of drug-likeness (QED) is 0.165. The maximum Gasteiger partial charge on any atom is 0.281 e. The maximum atomic E-state index is 12.4. The molecule has 0 rings (SSSR count). The Hall–Kier alpha value is -1.20. The summed E-state index contributed by atoms with van der Waals surface area (Å²) in [4.78, 5) is 24.8. The third kappa shape index (κ3) is 18.7. The highest BCUT2D eigenvalue weighted by Crippen LogP contribution is 2.21. The zero-order valence-corrected chi connectivity index (χ0v) is 25.2. The summed E-state index contributed by atoms with van der Waals surface area (Å²) >= 11 is 2.45. The van der Waals surface area contributed by atoms with Crippen molar-refractivity contribution < 1.29 is 9.59 Å². The minimum Gasteiger partial charge on any atom is -0.321 e. The van der Waals surface area contributed by atoms with Crippen LogP contribution in [-0.4, -0.2) is 57.5 Å². The smallest absolute Gasteiger partial charge is 0.281 e. The lowest BCUT2D eigenvalue weighted by atomic mass is 10.1. The molecule has 0 aliphatic heterocycles. The number of carbonyl (C=O) groups is 2. The first-order valence-corrected chi connectivity index (χ1v) is 14.5. The van der Waals surface area contributed by atoms with Crippen molar-refractivity contribution >= 4 is 34.0 Å². The van der Waals surface area contributed by atoms with Crippen LogP contribution in [0.15, 0.2) is 20.5 Å². The molecule has 0 aromatic heterocycles. The molecule has 0 fully saturated rings. The van der Waals surface area contributed by atoms with Gasteiger partial charge in [-0.3, -0.25) is 9.59 Å². The topological polar surface area (TPSA) is 120 Å². The second-order valence-corrected chi connectivity index (χ2v) is 13.2. The predicted molar refractivity (Wildman–Crippen MR) is 151 cm³/mol. The molecule has 0 saturated heterocycles. The molecule has 9 nitrogen and oxygen atoms in total. The molecule has 3 N–H and O–H groups in total. The van der Waals surface area contributed by atoms with Gasteiger partial charge >= 0.3 is 0 Å². The summed E-state index contributed by atoms with van der Waals surface area (Å²) in [7, 11) is 0. The Balaban J connectivity index is 4.33. The predicted octanol–water partition coefficient (Wildman–Crippen LogP) is 7.00. The fraction of sp³-hybridized carbons (Fsp3) is 0.917. The van der Waals surface area contributed by atoms with Crippen LogP contribution in [0.3, 0.4) is 0 Å². The fourth-order valence-corrected chi connectivity index (χ4v) is 4.29. The molecule has 204 valence electrons. The Morgan fingerprint density at radius 1 is 0.629 bits per heavy atom. The highest BCUT2D eigenvalue weighted by molar-refractivity contribution is 8.13. The zero-order chi connectivity index (χ0) is 27.2. The summed E-state index contributed by atoms with van der Waals surface area (Å²) in [6, 6.07) is 0. The molecule has 0 aliphatic carbocycles. The molecular formula is C24H49N7O2S2. The molecule has 0 aliphatic rings. The van der Waals surface area contributed by atoms with Crippen molar-refractivity contribution in [1.82, 2.24) is 16.0 Å². The SMILES string of the molecule is CCCC(C)(N=NC(C)(C)C)NC(=O)SCCNCCSC(=O)NC(C)(CCC)N=NC(C)(C)C. The monoisotopic (exact) mass is 531 g/mol. The van der Waals surface area contributed by atoms with E-state index in [1.165, 1.54) is 23.5 Å². The van der Waals surface area contributed by atoms with Crippen molar-refractivity contribution in [3.05, 3.63) is 0 Å². The van der Waals surface area contributed by atoms with Crippen LogP contribution in [0.25, 0.3) is 0 Å². The Labute approximate surface area is 221 Å². The Morgan fingerprint density at radius 2 is 0.971 bits per heavy atom. The average Bonchev–Trinajstić information content (AvgIpc) is 2.69. The average molecular weight is 532 g/mol. The number of hydrogen-bond acceptors (Lipinski definition) is 9. The first-order chi connectivity index (χ1) is 16.0. The highest BCUT2D eigenvalue weighted by Gasteiger charge is 2.27. The molecule has 0 bridgehead atoms. The number of nitrogens with one attached hydrogen (secondary N) is 3. The van der Waals surface area contributed by atoms with Crippen LogP contribution in [0.4, 0.5) is 9.59 Å². The van der Waals surface area contributed by atoms with Crippen molar-refractivity contribution in [2.24, 2.45) is 20.5 Å². The van der Waals surface area contributed by atoms with Crippen LogP contribution in [0, 0.1) is 0 Å². The van der Waals surface area contributed by atoms with Gasteiger partial charge in [0.2, 0.25) is 0 Å². The third-order valence-electron chi connectivity index (χ3n) is 4.38. The zero-order valence-electron chi connectivity index (χ0n) is 23.6. The minimum atomic E-state index is -0.692. The number of azo groups is 2. The second-order valence-electron chi connectivity index (χ2n) is 11.1. The molecule has 0 aromatic rings. The van der Waals surface area contributed by atoms with Gasteiger partial charge in [0, 0.05) is 24.6 Å². The molecule has 35 heavy (non-hydrogen) atoms. The summed E-state index contributed by atoms with van der Waals surface area (Å²) < 4.78 is 0. The minimum absolute atomic E-state index is 0.107. The number of rotatable bonds is 14. The summed E-state index contributed by atoms with van der Waals surface area (Å²) in [5, 5.41) is 26.6. The van der Waals surface area contributed by atoms with E-state index in [0.29, 0.717) is 24.6 Å². The maximum absolute atomic E-state index is 12.4. The van der Waals surface area contributed by atoms with Gasteiger partial charge in [-0.05, 0) is 68.2 Å². The van der Waals surface area contributed by atoms with E-state index >= 15 is 0 Å². The van der Waals surface area contributed by atoms with Crippen LogP contribution >= 0.6 is 23.5 Å². The molecule has 11 heteroatoms. The Morgan fingerprint density at radius 3 is 1.26 bits per heavy atom. The fourth-order valence-electron chi connectivity index (χ4n) is 2.84. The molecule has 0 radical (unpaired) electrons. The van der Waals surface area contributed by atoms with E-state index in [9.17, 15) is 9.59 Å². The van der Waals surface area contributed by atoms with Gasteiger partial charge < -0.3 is 16.0 Å². The molecule has 2 amide bonds. The van der Waals surface area contributed by atoms with Crippen molar-refractivity contribution in [2.45, 2.75) is 117 Å². The largest absolute Gasteiger partial charge is 0.321 e. The molecule has 0 aromatic carbocycles. The van der Waals surface area contributed by atoms with Crippen molar-refractivity contribution in [3.63, 3.8) is 0 Å². The van der Waals surface area contributed by atoms with E-state index in [1.807, 2.05) is 55.4 Å². The van der Waals surface area contributed by atoms with Gasteiger partial charge in [0.25, 0.3) is 10.5 Å². The third-order valence-corrected chi connectivity index (χ3v) is 5.93. The molecule has 2 atom stereocenters. The Bertz CT molecular complexity index is 647. The van der Waals surface area contributed by atoms with E-state index in [1.54, 1.807) is 0 Å². The lowest BCUT2D eigenvalue weighted by molar-refractivity contribution is 0.242. The summed E-state index contributed by atoms with van der Waals surface area (Å²) in [6.07, 6.45) is 3.25. The highest BCUT2D eigenvalue weighted by atomic mass is 32.2. The van der Waals surface area contributed by atoms with Gasteiger partial charge in [-0.2, -0.15) is 20.5 Å². The van der Waals surface area contributed by atoms with Crippen molar-refractivity contribution in [2.75, 3.05) is 24.6 Å². The number of amides is 2. The first-order valence-electron chi connectivity index (χ1n) is 12.5. The van der Waals surface area contributed by atoms with Crippen LogP contribution in [0.5, 0.6) is 0 Å². The normalized spacial score (nSPS) is 16.3. The number of hydrogen-bond donors (Lipinski definition) is 3. The van der Waals surface area contributed by atoms with E-state index in [0.717, 1.165) is 25.7 Å². The van der Waals surface area contributed by atoms with E-state index in [-0.39, 0.29) is 21.6 Å². The van der Waals surface area contributed by atoms with Gasteiger partial charge in [-0.25, -0.2) is 0 Å². The lowest BCUT2D eigenvalue weighted by Crippen LogP contribution is -2.43. The van der Waals surface area contributed by atoms with Crippen LogP contribution < -0.4 is 16.0 Å². The van der Waals surface area contributed by atoms with Crippen LogP contribution in [0.2, 0.25) is 0 Å². The van der Waals surface area contributed by atoms with Gasteiger partial charge in [-0.15, -0.1) is 0 Å². The Kier molecular flexibility index (Phi) is 15.3. The standard InChI is InChI=1S/C24H49N7O2S2/c1-11-13-23(9,30-28-21(3,4)5)26-19(32)34-17-15-25-16-18-35-20(33)27-24(10,14-12-2)31-29-22(6,7)8/h25H,11-18H2,1-10H3,(H,26,32)(H,27,33). The summed E-state index contributed by atoms with van der Waals surface area (Å²) in [5.74, 6) is 1.26. The lowest BCUT2D eigenvalue weighted by Gasteiger charge is -2.26.